The van der Waals surface area contributed by atoms with Crippen molar-refractivity contribution in [1.82, 2.24) is 25.6 Å². The number of rotatable bonds is 7. The predicted octanol–water partition coefficient (Wildman–Crippen LogP) is 3.04. The van der Waals surface area contributed by atoms with E-state index in [-0.39, 0.29) is 12.5 Å². The first-order valence-corrected chi connectivity index (χ1v) is 9.54. The van der Waals surface area contributed by atoms with Crippen LogP contribution >= 0.6 is 0 Å². The molecule has 4 rings (SSSR count). The van der Waals surface area contributed by atoms with Gasteiger partial charge in [0.2, 0.25) is 5.82 Å². The SMILES string of the molecule is CCOc1ccc2ccccc2c1/C=N/NC(=O)Cn1nnc(-c2ccccc2)n1. The lowest BCUT2D eigenvalue weighted by molar-refractivity contribution is -0.122. The van der Waals surface area contributed by atoms with Gasteiger partial charge in [-0.1, -0.05) is 60.7 Å². The van der Waals surface area contributed by atoms with E-state index in [1.807, 2.05) is 73.7 Å². The van der Waals surface area contributed by atoms with E-state index in [0.717, 1.165) is 21.9 Å². The highest BCUT2D eigenvalue weighted by molar-refractivity contribution is 6.02. The van der Waals surface area contributed by atoms with Gasteiger partial charge in [-0.2, -0.15) is 9.90 Å². The first kappa shape index (κ1) is 19.3. The van der Waals surface area contributed by atoms with Crippen LogP contribution in [0.1, 0.15) is 12.5 Å². The normalized spacial score (nSPS) is 11.1. The highest BCUT2D eigenvalue weighted by Gasteiger charge is 2.10. The Hall–Kier alpha value is -4.07. The molecule has 1 heterocycles. The number of nitrogens with one attached hydrogen (secondary N) is 1. The van der Waals surface area contributed by atoms with Crippen molar-refractivity contribution in [2.75, 3.05) is 6.61 Å². The fourth-order valence-corrected chi connectivity index (χ4v) is 3.04. The number of tetrazole rings is 1. The van der Waals surface area contributed by atoms with Gasteiger partial charge in [-0.3, -0.25) is 4.79 Å². The number of fused-ring (bicyclic) bond motifs is 1. The van der Waals surface area contributed by atoms with Crippen LogP contribution in [0.25, 0.3) is 22.2 Å². The second-order valence-corrected chi connectivity index (χ2v) is 6.43. The highest BCUT2D eigenvalue weighted by Crippen LogP contribution is 2.26. The Morgan fingerprint density at radius 3 is 2.73 bits per heavy atom. The minimum atomic E-state index is -0.360. The summed E-state index contributed by atoms with van der Waals surface area (Å²) in [7, 11) is 0. The zero-order valence-corrected chi connectivity index (χ0v) is 16.4. The van der Waals surface area contributed by atoms with Crippen molar-refractivity contribution in [2.45, 2.75) is 13.5 Å². The number of carbonyl (C=O) groups excluding carboxylic acids is 1. The molecule has 0 radical (unpaired) electrons. The zero-order chi connectivity index (χ0) is 20.8. The number of nitrogens with zero attached hydrogens (tertiary/aromatic N) is 5. The van der Waals surface area contributed by atoms with Crippen molar-refractivity contribution in [3.8, 4) is 17.1 Å². The van der Waals surface area contributed by atoms with E-state index in [1.165, 1.54) is 4.80 Å². The van der Waals surface area contributed by atoms with Crippen LogP contribution in [0, 0.1) is 0 Å². The topological polar surface area (TPSA) is 94.3 Å². The number of aromatic nitrogens is 4. The molecule has 0 saturated heterocycles. The van der Waals surface area contributed by atoms with Crippen molar-refractivity contribution in [3.05, 3.63) is 72.3 Å². The van der Waals surface area contributed by atoms with Crippen LogP contribution in [0.15, 0.2) is 71.8 Å². The van der Waals surface area contributed by atoms with Gasteiger partial charge < -0.3 is 4.74 Å². The maximum atomic E-state index is 12.2. The average molecular weight is 400 g/mol. The fraction of sp³-hybridized carbons (Fsp3) is 0.136. The number of carbonyl (C=O) groups is 1. The monoisotopic (exact) mass is 400 g/mol. The third-order valence-electron chi connectivity index (χ3n) is 4.38. The van der Waals surface area contributed by atoms with Gasteiger partial charge in [-0.25, -0.2) is 5.43 Å². The fourth-order valence-electron chi connectivity index (χ4n) is 3.04. The van der Waals surface area contributed by atoms with Gasteiger partial charge in [0.1, 0.15) is 12.3 Å². The maximum absolute atomic E-state index is 12.2. The quantitative estimate of drug-likeness (QED) is 0.380. The first-order valence-electron chi connectivity index (χ1n) is 9.54. The molecule has 0 aliphatic carbocycles. The molecule has 1 aromatic heterocycles. The van der Waals surface area contributed by atoms with Crippen molar-refractivity contribution in [3.63, 3.8) is 0 Å². The molecule has 0 fully saturated rings. The Morgan fingerprint density at radius 1 is 1.10 bits per heavy atom. The summed E-state index contributed by atoms with van der Waals surface area (Å²) in [6.45, 7) is 2.37. The molecule has 8 heteroatoms. The third kappa shape index (κ3) is 4.33. The van der Waals surface area contributed by atoms with Crippen LogP contribution in [0.2, 0.25) is 0 Å². The second kappa shape index (κ2) is 8.95. The molecule has 4 aromatic rings. The van der Waals surface area contributed by atoms with Gasteiger partial charge in [0, 0.05) is 11.1 Å². The highest BCUT2D eigenvalue weighted by atomic mass is 16.5. The molecule has 0 atom stereocenters. The molecule has 30 heavy (non-hydrogen) atoms. The van der Waals surface area contributed by atoms with Crippen LogP contribution in [-0.4, -0.2) is 38.9 Å². The summed E-state index contributed by atoms with van der Waals surface area (Å²) >= 11 is 0. The molecule has 1 N–H and O–H groups in total. The zero-order valence-electron chi connectivity index (χ0n) is 16.4. The molecule has 1 amide bonds. The summed E-state index contributed by atoms with van der Waals surface area (Å²) in [4.78, 5) is 13.5. The molecule has 0 unspecified atom stereocenters. The minimum absolute atomic E-state index is 0.0922. The largest absolute Gasteiger partial charge is 0.493 e. The standard InChI is InChI=1S/C22H20N6O2/c1-2-30-20-13-12-16-8-6-7-11-18(16)19(20)14-23-24-21(29)15-28-26-22(25-27-28)17-9-4-3-5-10-17/h3-14H,2,15H2,1H3,(H,24,29)/b23-14+. The molecule has 0 aliphatic heterocycles. The third-order valence-corrected chi connectivity index (χ3v) is 4.38. The van der Waals surface area contributed by atoms with Crippen LogP contribution < -0.4 is 10.2 Å². The summed E-state index contributed by atoms with van der Waals surface area (Å²) in [5.41, 5.74) is 4.15. The summed E-state index contributed by atoms with van der Waals surface area (Å²) in [6, 6.07) is 21.3. The van der Waals surface area contributed by atoms with Crippen molar-refractivity contribution >= 4 is 22.9 Å². The van der Waals surface area contributed by atoms with Crippen molar-refractivity contribution < 1.29 is 9.53 Å². The number of ether oxygens (including phenoxy) is 1. The smallest absolute Gasteiger partial charge is 0.263 e. The maximum Gasteiger partial charge on any atom is 0.263 e. The molecule has 150 valence electrons. The molecule has 0 spiro atoms. The number of hydrogen-bond acceptors (Lipinski definition) is 6. The summed E-state index contributed by atoms with van der Waals surface area (Å²) in [5.74, 6) is 0.810. The Kier molecular flexibility index (Phi) is 5.75. The van der Waals surface area contributed by atoms with Gasteiger partial charge in [0.05, 0.1) is 12.8 Å². The van der Waals surface area contributed by atoms with Gasteiger partial charge in [0.15, 0.2) is 0 Å². The van der Waals surface area contributed by atoms with E-state index in [4.69, 9.17) is 4.74 Å². The van der Waals surface area contributed by atoms with Crippen LogP contribution in [-0.2, 0) is 11.3 Å². The molecule has 0 aliphatic rings. The minimum Gasteiger partial charge on any atom is -0.493 e. The predicted molar refractivity (Wildman–Crippen MR) is 114 cm³/mol. The van der Waals surface area contributed by atoms with E-state index in [2.05, 4.69) is 25.9 Å². The Bertz CT molecular complexity index is 1190. The van der Waals surface area contributed by atoms with Crippen LogP contribution in [0.4, 0.5) is 0 Å². The van der Waals surface area contributed by atoms with Gasteiger partial charge in [-0.05, 0) is 29.0 Å². The van der Waals surface area contributed by atoms with E-state index >= 15 is 0 Å². The van der Waals surface area contributed by atoms with Crippen LogP contribution in [0.5, 0.6) is 5.75 Å². The molecule has 3 aromatic carbocycles. The van der Waals surface area contributed by atoms with Gasteiger partial charge in [-0.15, -0.1) is 10.2 Å². The molecular formula is C22H20N6O2. The lowest BCUT2D eigenvalue weighted by atomic mass is 10.0. The molecule has 0 bridgehead atoms. The van der Waals surface area contributed by atoms with Crippen molar-refractivity contribution in [1.29, 1.82) is 0 Å². The summed E-state index contributed by atoms with van der Waals surface area (Å²) in [6.07, 6.45) is 1.59. The lowest BCUT2D eigenvalue weighted by Gasteiger charge is -2.10. The Labute approximate surface area is 173 Å². The second-order valence-electron chi connectivity index (χ2n) is 6.43. The van der Waals surface area contributed by atoms with Crippen molar-refractivity contribution in [2.24, 2.45) is 5.10 Å². The van der Waals surface area contributed by atoms with E-state index in [0.29, 0.717) is 18.2 Å². The van der Waals surface area contributed by atoms with Gasteiger partial charge >= 0.3 is 0 Å². The summed E-state index contributed by atoms with van der Waals surface area (Å²) < 4.78 is 5.71. The first-order chi connectivity index (χ1) is 14.7. The van der Waals surface area contributed by atoms with E-state index < -0.39 is 0 Å². The van der Waals surface area contributed by atoms with E-state index in [1.54, 1.807) is 6.21 Å². The number of amides is 1. The molecule has 8 nitrogen and oxygen atoms in total. The number of hydrazone groups is 1. The van der Waals surface area contributed by atoms with Gasteiger partial charge in [0.25, 0.3) is 5.91 Å². The molecular weight excluding hydrogens is 380 g/mol. The molecule has 0 saturated carbocycles. The Balaban J connectivity index is 1.45. The Morgan fingerprint density at radius 2 is 1.90 bits per heavy atom. The lowest BCUT2D eigenvalue weighted by Crippen LogP contribution is -2.24. The number of benzene rings is 3. The van der Waals surface area contributed by atoms with E-state index in [9.17, 15) is 4.79 Å². The van der Waals surface area contributed by atoms with Crippen LogP contribution in [0.3, 0.4) is 0 Å². The average Bonchev–Trinajstić information content (AvgIpc) is 3.24. The number of hydrogen-bond donors (Lipinski definition) is 1. The summed E-state index contributed by atoms with van der Waals surface area (Å²) in [5, 5.41) is 18.3.